The van der Waals surface area contributed by atoms with Crippen LogP contribution in [0.5, 0.6) is 0 Å². The van der Waals surface area contributed by atoms with Crippen LogP contribution in [0, 0.1) is 25.7 Å². The van der Waals surface area contributed by atoms with Gasteiger partial charge in [0.15, 0.2) is 0 Å². The highest BCUT2D eigenvalue weighted by Gasteiger charge is 2.35. The number of amides is 1. The summed E-state index contributed by atoms with van der Waals surface area (Å²) in [7, 11) is 1.80. The fourth-order valence-corrected chi connectivity index (χ4v) is 3.05. The highest BCUT2D eigenvalue weighted by molar-refractivity contribution is 5.80. The minimum atomic E-state index is -0.775. The van der Waals surface area contributed by atoms with Crippen LogP contribution in [0.1, 0.15) is 36.0 Å². The van der Waals surface area contributed by atoms with Gasteiger partial charge in [0.1, 0.15) is 0 Å². The van der Waals surface area contributed by atoms with E-state index in [4.69, 9.17) is 5.11 Å². The molecule has 0 bridgehead atoms. The van der Waals surface area contributed by atoms with E-state index in [-0.39, 0.29) is 17.7 Å². The highest BCUT2D eigenvalue weighted by atomic mass is 16.4. The summed E-state index contributed by atoms with van der Waals surface area (Å²) in [5, 5.41) is 9.03. The van der Waals surface area contributed by atoms with Crippen LogP contribution >= 0.6 is 0 Å². The molecule has 2 atom stereocenters. The summed E-state index contributed by atoms with van der Waals surface area (Å²) < 4.78 is 0. The second kappa shape index (κ2) is 6.29. The summed E-state index contributed by atoms with van der Waals surface area (Å²) in [5.74, 6) is -1.20. The smallest absolute Gasteiger partial charge is 0.306 e. The molecule has 4 heteroatoms. The molecule has 4 nitrogen and oxygen atoms in total. The van der Waals surface area contributed by atoms with E-state index in [2.05, 4.69) is 18.2 Å². The molecule has 0 aliphatic heterocycles. The van der Waals surface area contributed by atoms with Gasteiger partial charge in [-0.3, -0.25) is 9.59 Å². The Bertz CT molecular complexity index is 553. The van der Waals surface area contributed by atoms with Crippen molar-refractivity contribution in [2.45, 2.75) is 39.7 Å². The molecule has 1 fully saturated rings. The lowest BCUT2D eigenvalue weighted by atomic mass is 10.0. The van der Waals surface area contributed by atoms with Crippen LogP contribution in [0.4, 0.5) is 0 Å². The molecule has 1 N–H and O–H groups in total. The van der Waals surface area contributed by atoms with Crippen molar-refractivity contribution in [3.8, 4) is 0 Å². The number of carbonyl (C=O) groups excluding carboxylic acids is 1. The molecule has 21 heavy (non-hydrogen) atoms. The van der Waals surface area contributed by atoms with Gasteiger partial charge in [0.05, 0.1) is 5.92 Å². The first kappa shape index (κ1) is 15.5. The van der Waals surface area contributed by atoms with E-state index >= 15 is 0 Å². The van der Waals surface area contributed by atoms with E-state index in [0.29, 0.717) is 25.8 Å². The molecule has 1 aliphatic carbocycles. The molecular weight excluding hydrogens is 266 g/mol. The Labute approximate surface area is 125 Å². The summed E-state index contributed by atoms with van der Waals surface area (Å²) >= 11 is 0. The van der Waals surface area contributed by atoms with Gasteiger partial charge >= 0.3 is 5.97 Å². The first-order valence-corrected chi connectivity index (χ1v) is 7.42. The Morgan fingerprint density at radius 2 is 1.90 bits per heavy atom. The minimum Gasteiger partial charge on any atom is -0.481 e. The number of aliphatic carboxylic acids is 1. The minimum absolute atomic E-state index is 0.0691. The average molecular weight is 289 g/mol. The Balaban J connectivity index is 2.00. The summed E-state index contributed by atoms with van der Waals surface area (Å²) in [6, 6.07) is 6.24. The topological polar surface area (TPSA) is 57.6 Å². The molecule has 2 rings (SSSR count). The lowest BCUT2D eigenvalue weighted by molar-refractivity contribution is -0.141. The molecule has 0 spiro atoms. The normalized spacial score (nSPS) is 21.3. The monoisotopic (exact) mass is 289 g/mol. The summed E-state index contributed by atoms with van der Waals surface area (Å²) in [6.07, 6.45) is 1.78. The second-order valence-electron chi connectivity index (χ2n) is 6.17. The van der Waals surface area contributed by atoms with E-state index in [1.807, 2.05) is 13.8 Å². The fraction of sp³-hybridized carbons (Fsp3) is 0.529. The SMILES string of the molecule is Cc1ccc(C)c(CN(C)C(=O)[C@@H]2CC[C@H](C(=O)O)C2)c1. The maximum absolute atomic E-state index is 12.4. The summed E-state index contributed by atoms with van der Waals surface area (Å²) in [4.78, 5) is 25.2. The Kier molecular flexibility index (Phi) is 4.66. The zero-order valence-electron chi connectivity index (χ0n) is 12.9. The molecule has 1 aromatic carbocycles. The van der Waals surface area contributed by atoms with Crippen LogP contribution in [0.3, 0.4) is 0 Å². The van der Waals surface area contributed by atoms with E-state index < -0.39 is 5.97 Å². The van der Waals surface area contributed by atoms with E-state index in [0.717, 1.165) is 5.56 Å². The van der Waals surface area contributed by atoms with Crippen LogP contribution in [0.25, 0.3) is 0 Å². The van der Waals surface area contributed by atoms with Gasteiger partial charge in [0.25, 0.3) is 0 Å². The van der Waals surface area contributed by atoms with Crippen LogP contribution in [0.2, 0.25) is 0 Å². The summed E-state index contributed by atoms with van der Waals surface area (Å²) in [6.45, 7) is 4.67. The van der Waals surface area contributed by atoms with Crippen LogP contribution in [-0.4, -0.2) is 28.9 Å². The van der Waals surface area contributed by atoms with Gasteiger partial charge in [-0.25, -0.2) is 0 Å². The number of carboxylic acid groups (broad SMARTS) is 1. The first-order valence-electron chi connectivity index (χ1n) is 7.42. The quantitative estimate of drug-likeness (QED) is 0.927. The second-order valence-corrected chi connectivity index (χ2v) is 6.17. The molecule has 1 aromatic rings. The molecule has 0 aromatic heterocycles. The third-order valence-corrected chi connectivity index (χ3v) is 4.42. The van der Waals surface area contributed by atoms with Crippen molar-refractivity contribution < 1.29 is 14.7 Å². The number of benzene rings is 1. The van der Waals surface area contributed by atoms with Crippen LogP contribution in [-0.2, 0) is 16.1 Å². The van der Waals surface area contributed by atoms with Crippen LogP contribution < -0.4 is 0 Å². The molecule has 0 saturated heterocycles. The first-order chi connectivity index (χ1) is 9.88. The Hall–Kier alpha value is -1.84. The molecule has 0 unspecified atom stereocenters. The fourth-order valence-electron chi connectivity index (χ4n) is 3.05. The molecule has 0 heterocycles. The third-order valence-electron chi connectivity index (χ3n) is 4.42. The maximum atomic E-state index is 12.4. The van der Waals surface area contributed by atoms with Crippen molar-refractivity contribution in [1.29, 1.82) is 0 Å². The zero-order chi connectivity index (χ0) is 15.6. The van der Waals surface area contributed by atoms with Crippen molar-refractivity contribution in [2.75, 3.05) is 7.05 Å². The van der Waals surface area contributed by atoms with Crippen molar-refractivity contribution >= 4 is 11.9 Å². The average Bonchev–Trinajstić information content (AvgIpc) is 2.91. The predicted molar refractivity (Wildman–Crippen MR) is 80.9 cm³/mol. The number of aryl methyl sites for hydroxylation is 2. The number of carbonyl (C=O) groups is 2. The van der Waals surface area contributed by atoms with Gasteiger partial charge < -0.3 is 10.0 Å². The highest BCUT2D eigenvalue weighted by Crippen LogP contribution is 2.32. The molecule has 0 radical (unpaired) electrons. The number of nitrogens with zero attached hydrogens (tertiary/aromatic N) is 1. The van der Waals surface area contributed by atoms with Gasteiger partial charge in [-0.05, 0) is 44.2 Å². The van der Waals surface area contributed by atoms with Gasteiger partial charge in [-0.15, -0.1) is 0 Å². The van der Waals surface area contributed by atoms with E-state index in [1.54, 1.807) is 11.9 Å². The van der Waals surface area contributed by atoms with E-state index in [9.17, 15) is 9.59 Å². The van der Waals surface area contributed by atoms with Crippen molar-refractivity contribution in [3.05, 3.63) is 34.9 Å². The lowest BCUT2D eigenvalue weighted by Crippen LogP contribution is -2.32. The van der Waals surface area contributed by atoms with Gasteiger partial charge in [-0.1, -0.05) is 23.8 Å². The molecule has 114 valence electrons. The number of hydrogen-bond acceptors (Lipinski definition) is 2. The number of carboxylic acids is 1. The van der Waals surface area contributed by atoms with Crippen LogP contribution in [0.15, 0.2) is 18.2 Å². The van der Waals surface area contributed by atoms with Gasteiger partial charge in [0.2, 0.25) is 5.91 Å². The Morgan fingerprint density at radius 1 is 1.24 bits per heavy atom. The predicted octanol–water partition coefficient (Wildman–Crippen LogP) is 2.76. The molecule has 1 saturated carbocycles. The van der Waals surface area contributed by atoms with Gasteiger partial charge in [-0.2, -0.15) is 0 Å². The van der Waals surface area contributed by atoms with Crippen molar-refractivity contribution in [3.63, 3.8) is 0 Å². The standard InChI is InChI=1S/C17H23NO3/c1-11-4-5-12(2)15(8-11)10-18(3)16(19)13-6-7-14(9-13)17(20)21/h4-5,8,13-14H,6-7,9-10H2,1-3H3,(H,20,21)/t13-,14+/m1/s1. The third kappa shape index (κ3) is 3.63. The van der Waals surface area contributed by atoms with E-state index in [1.165, 1.54) is 11.1 Å². The number of rotatable bonds is 4. The molecule has 1 amide bonds. The molecule has 1 aliphatic rings. The molecular formula is C17H23NO3. The maximum Gasteiger partial charge on any atom is 0.306 e. The number of hydrogen-bond donors (Lipinski definition) is 1. The largest absolute Gasteiger partial charge is 0.481 e. The van der Waals surface area contributed by atoms with Crippen molar-refractivity contribution in [2.24, 2.45) is 11.8 Å². The Morgan fingerprint density at radius 3 is 2.52 bits per heavy atom. The lowest BCUT2D eigenvalue weighted by Gasteiger charge is -2.22. The zero-order valence-corrected chi connectivity index (χ0v) is 12.9. The summed E-state index contributed by atoms with van der Waals surface area (Å²) in [5.41, 5.74) is 3.51. The van der Waals surface area contributed by atoms with Crippen molar-refractivity contribution in [1.82, 2.24) is 4.90 Å². The van der Waals surface area contributed by atoms with Gasteiger partial charge in [0, 0.05) is 19.5 Å².